The highest BCUT2D eigenvalue weighted by Crippen LogP contribution is 1.86. The van der Waals surface area contributed by atoms with E-state index >= 15 is 0 Å². The van der Waals surface area contributed by atoms with Gasteiger partial charge in [0.2, 0.25) is 5.91 Å². The maximum Gasteiger partial charge on any atom is 0.231 e. The lowest BCUT2D eigenvalue weighted by atomic mass is 10.3. The normalized spacial score (nSPS) is 21.9. The zero-order chi connectivity index (χ0) is 8.27. The molecule has 0 aromatic rings. The number of carbonyl (C=O) groups is 1. The molecule has 1 aliphatic heterocycles. The molecule has 1 heterocycles. The minimum absolute atomic E-state index is 0.218. The number of likely N-dealkylation sites (N-methyl/N-ethyl adjacent to an activating group) is 1. The summed E-state index contributed by atoms with van der Waals surface area (Å²) < 4.78 is 0. The van der Waals surface area contributed by atoms with E-state index < -0.39 is 0 Å². The van der Waals surface area contributed by atoms with E-state index in [0.717, 1.165) is 26.2 Å². The standard InChI is InChI=1S/C7H15N3O/c1-9-2-4-10(5-3-9)6-7(8)11/h2-6H2,1H3,(H2,8,11)/p+1. The molecule has 0 bridgehead atoms. The molecule has 0 saturated carbocycles. The highest BCUT2D eigenvalue weighted by Gasteiger charge is 2.17. The molecule has 0 unspecified atom stereocenters. The van der Waals surface area contributed by atoms with Gasteiger partial charge in [0.05, 0.1) is 26.7 Å². The van der Waals surface area contributed by atoms with Gasteiger partial charge in [0, 0.05) is 13.1 Å². The van der Waals surface area contributed by atoms with Gasteiger partial charge in [0.25, 0.3) is 0 Å². The van der Waals surface area contributed by atoms with Crippen LogP contribution in [-0.2, 0) is 4.79 Å². The Morgan fingerprint density at radius 2 is 2.09 bits per heavy atom. The van der Waals surface area contributed by atoms with Gasteiger partial charge in [-0.15, -0.1) is 0 Å². The predicted molar refractivity (Wildman–Crippen MR) is 42.3 cm³/mol. The number of hydrogen-bond acceptors (Lipinski definition) is 2. The fourth-order valence-corrected chi connectivity index (χ4v) is 1.31. The van der Waals surface area contributed by atoms with Gasteiger partial charge in [-0.3, -0.25) is 9.69 Å². The van der Waals surface area contributed by atoms with Gasteiger partial charge < -0.3 is 10.6 Å². The number of rotatable bonds is 2. The Hall–Kier alpha value is -0.610. The molecule has 1 saturated heterocycles. The van der Waals surface area contributed by atoms with Crippen molar-refractivity contribution < 1.29 is 9.69 Å². The first-order valence-electron chi connectivity index (χ1n) is 4.00. The van der Waals surface area contributed by atoms with E-state index in [4.69, 9.17) is 5.73 Å². The number of hydrogen-bond donors (Lipinski definition) is 2. The van der Waals surface area contributed by atoms with Crippen LogP contribution in [0.15, 0.2) is 0 Å². The molecule has 0 aliphatic carbocycles. The van der Waals surface area contributed by atoms with E-state index in [1.165, 1.54) is 4.90 Å². The van der Waals surface area contributed by atoms with Crippen molar-refractivity contribution in [1.29, 1.82) is 0 Å². The molecule has 11 heavy (non-hydrogen) atoms. The smallest absolute Gasteiger partial charge is 0.231 e. The first-order chi connectivity index (χ1) is 5.18. The second kappa shape index (κ2) is 3.69. The van der Waals surface area contributed by atoms with Crippen LogP contribution < -0.4 is 10.6 Å². The van der Waals surface area contributed by atoms with Gasteiger partial charge in [-0.25, -0.2) is 0 Å². The molecule has 0 aromatic carbocycles. The number of nitrogens with zero attached hydrogens (tertiary/aromatic N) is 1. The summed E-state index contributed by atoms with van der Waals surface area (Å²) in [7, 11) is 2.17. The van der Waals surface area contributed by atoms with Gasteiger partial charge in [0.1, 0.15) is 0 Å². The minimum atomic E-state index is -0.218. The molecule has 1 aliphatic rings. The maximum atomic E-state index is 10.5. The summed E-state index contributed by atoms with van der Waals surface area (Å²) in [6.07, 6.45) is 0. The fourth-order valence-electron chi connectivity index (χ4n) is 1.31. The lowest BCUT2D eigenvalue weighted by Crippen LogP contribution is -3.12. The lowest BCUT2D eigenvalue weighted by molar-refractivity contribution is -0.884. The van der Waals surface area contributed by atoms with Gasteiger partial charge in [-0.1, -0.05) is 0 Å². The van der Waals surface area contributed by atoms with Crippen LogP contribution in [-0.4, -0.2) is 50.6 Å². The van der Waals surface area contributed by atoms with E-state index in [1.54, 1.807) is 0 Å². The fraction of sp³-hybridized carbons (Fsp3) is 0.857. The van der Waals surface area contributed by atoms with Crippen molar-refractivity contribution in [2.24, 2.45) is 5.73 Å². The second-order valence-electron chi connectivity index (χ2n) is 3.20. The van der Waals surface area contributed by atoms with Crippen LogP contribution >= 0.6 is 0 Å². The molecule has 4 heteroatoms. The van der Waals surface area contributed by atoms with Crippen molar-refractivity contribution in [3.8, 4) is 0 Å². The number of piperazine rings is 1. The average molecular weight is 158 g/mol. The quantitative estimate of drug-likeness (QED) is 0.459. The van der Waals surface area contributed by atoms with Crippen LogP contribution in [0, 0.1) is 0 Å². The van der Waals surface area contributed by atoms with Crippen LogP contribution in [0.1, 0.15) is 0 Å². The Morgan fingerprint density at radius 1 is 1.55 bits per heavy atom. The van der Waals surface area contributed by atoms with Crippen molar-refractivity contribution in [3.05, 3.63) is 0 Å². The summed E-state index contributed by atoms with van der Waals surface area (Å²) in [5, 5.41) is 0. The molecule has 4 nitrogen and oxygen atoms in total. The average Bonchev–Trinajstić information content (AvgIpc) is 1.93. The Labute approximate surface area is 66.9 Å². The molecule has 0 atom stereocenters. The summed E-state index contributed by atoms with van der Waals surface area (Å²) in [5.74, 6) is -0.218. The molecule has 0 radical (unpaired) electrons. The summed E-state index contributed by atoms with van der Waals surface area (Å²) in [6.45, 7) is 4.65. The van der Waals surface area contributed by atoms with E-state index in [1.807, 2.05) is 0 Å². The third-order valence-electron chi connectivity index (χ3n) is 2.09. The topological polar surface area (TPSA) is 50.8 Å². The van der Waals surface area contributed by atoms with Crippen molar-refractivity contribution in [3.63, 3.8) is 0 Å². The van der Waals surface area contributed by atoms with Crippen LogP contribution in [0.5, 0.6) is 0 Å². The van der Waals surface area contributed by atoms with Crippen LogP contribution in [0.2, 0.25) is 0 Å². The maximum absolute atomic E-state index is 10.5. The van der Waals surface area contributed by atoms with Gasteiger partial charge >= 0.3 is 0 Å². The van der Waals surface area contributed by atoms with Crippen molar-refractivity contribution >= 4 is 5.91 Å². The molecule has 1 amide bonds. The van der Waals surface area contributed by atoms with Crippen LogP contribution in [0.3, 0.4) is 0 Å². The predicted octanol–water partition coefficient (Wildman–Crippen LogP) is -2.70. The van der Waals surface area contributed by atoms with Crippen LogP contribution in [0.4, 0.5) is 0 Å². The third-order valence-corrected chi connectivity index (χ3v) is 2.09. The first-order valence-corrected chi connectivity index (χ1v) is 4.00. The lowest BCUT2D eigenvalue weighted by Gasteiger charge is -2.28. The number of quaternary nitrogens is 1. The summed E-state index contributed by atoms with van der Waals surface area (Å²) in [4.78, 5) is 14.2. The summed E-state index contributed by atoms with van der Waals surface area (Å²) in [6, 6.07) is 0. The molecule has 1 rings (SSSR count). The Balaban J connectivity index is 2.22. The number of primary amides is 1. The highest BCUT2D eigenvalue weighted by molar-refractivity contribution is 5.75. The van der Waals surface area contributed by atoms with Gasteiger partial charge in [-0.2, -0.15) is 0 Å². The monoisotopic (exact) mass is 158 g/mol. The highest BCUT2D eigenvalue weighted by atomic mass is 16.1. The number of nitrogens with two attached hydrogens (primary N) is 1. The number of amides is 1. The molecule has 64 valence electrons. The molecule has 3 N–H and O–H groups in total. The minimum Gasteiger partial charge on any atom is -0.369 e. The van der Waals surface area contributed by atoms with E-state index in [9.17, 15) is 4.79 Å². The SMILES string of the molecule is C[NH+]1CCN(CC(N)=O)CC1. The summed E-state index contributed by atoms with van der Waals surface area (Å²) >= 11 is 0. The first kappa shape index (κ1) is 8.49. The molecule has 1 fully saturated rings. The largest absolute Gasteiger partial charge is 0.369 e. The number of nitrogens with one attached hydrogen (secondary N) is 1. The Morgan fingerprint density at radius 3 is 2.55 bits per heavy atom. The molecular formula is C7H16N3O+. The van der Waals surface area contributed by atoms with Crippen molar-refractivity contribution in [2.45, 2.75) is 0 Å². The van der Waals surface area contributed by atoms with Gasteiger partial charge in [0.15, 0.2) is 0 Å². The second-order valence-corrected chi connectivity index (χ2v) is 3.20. The van der Waals surface area contributed by atoms with E-state index in [2.05, 4.69) is 11.9 Å². The van der Waals surface area contributed by atoms with Crippen LogP contribution in [0.25, 0.3) is 0 Å². The summed E-state index contributed by atoms with van der Waals surface area (Å²) in [5.41, 5.74) is 5.07. The zero-order valence-corrected chi connectivity index (χ0v) is 6.97. The Bertz CT molecular complexity index is 141. The van der Waals surface area contributed by atoms with E-state index in [-0.39, 0.29) is 5.91 Å². The Kier molecular flexibility index (Phi) is 2.84. The molecule has 0 aromatic heterocycles. The molecular weight excluding hydrogens is 142 g/mol. The third kappa shape index (κ3) is 2.86. The van der Waals surface area contributed by atoms with Crippen molar-refractivity contribution in [2.75, 3.05) is 39.8 Å². The zero-order valence-electron chi connectivity index (χ0n) is 6.97. The van der Waals surface area contributed by atoms with Gasteiger partial charge in [-0.05, 0) is 0 Å². The van der Waals surface area contributed by atoms with Crippen molar-refractivity contribution in [1.82, 2.24) is 4.90 Å². The van der Waals surface area contributed by atoms with E-state index in [0.29, 0.717) is 6.54 Å². The number of carbonyl (C=O) groups excluding carboxylic acids is 1. The molecule has 0 spiro atoms.